The first-order valence-electron chi connectivity index (χ1n) is 7.81. The van der Waals surface area contributed by atoms with Gasteiger partial charge in [0, 0.05) is 30.6 Å². The topological polar surface area (TPSA) is 72.8 Å². The first-order valence-corrected chi connectivity index (χ1v) is 7.81. The molecular formula is C20H13N3O2. The molecule has 0 saturated heterocycles. The molecule has 1 aromatic carbocycles. The van der Waals surface area contributed by atoms with Crippen LogP contribution in [0.2, 0.25) is 0 Å². The summed E-state index contributed by atoms with van der Waals surface area (Å²) in [6.45, 7) is 0. The fraction of sp³-hybridized carbons (Fsp3) is 0.0500. The first kappa shape index (κ1) is 15.1. The highest BCUT2D eigenvalue weighted by Gasteiger charge is 2.26. The van der Waals surface area contributed by atoms with E-state index >= 15 is 0 Å². The Morgan fingerprint density at radius 1 is 0.840 bits per heavy atom. The molecule has 0 amide bonds. The number of ketones is 2. The fourth-order valence-corrected chi connectivity index (χ4v) is 2.87. The van der Waals surface area contributed by atoms with Crippen LogP contribution in [0.3, 0.4) is 0 Å². The van der Waals surface area contributed by atoms with E-state index < -0.39 is 0 Å². The van der Waals surface area contributed by atoms with Crippen molar-refractivity contribution in [1.82, 2.24) is 15.0 Å². The van der Waals surface area contributed by atoms with Crippen LogP contribution in [0.1, 0.15) is 26.4 Å². The quantitative estimate of drug-likeness (QED) is 0.739. The van der Waals surface area contributed by atoms with E-state index in [0.29, 0.717) is 12.0 Å². The Labute approximate surface area is 144 Å². The van der Waals surface area contributed by atoms with Crippen molar-refractivity contribution < 1.29 is 9.59 Å². The summed E-state index contributed by atoms with van der Waals surface area (Å²) in [5.74, 6) is -0.436. The molecule has 0 unspecified atom stereocenters. The van der Waals surface area contributed by atoms with Gasteiger partial charge in [-0.2, -0.15) is 0 Å². The lowest BCUT2D eigenvalue weighted by molar-refractivity contribution is 0.0978. The van der Waals surface area contributed by atoms with Gasteiger partial charge < -0.3 is 0 Å². The van der Waals surface area contributed by atoms with E-state index in [1.807, 2.05) is 36.4 Å². The highest BCUT2D eigenvalue weighted by molar-refractivity contribution is 6.23. The van der Waals surface area contributed by atoms with Crippen LogP contribution >= 0.6 is 0 Å². The van der Waals surface area contributed by atoms with E-state index in [4.69, 9.17) is 0 Å². The minimum Gasteiger partial charge on any atom is -0.289 e. The maximum Gasteiger partial charge on any atom is 0.205 e. The summed E-state index contributed by atoms with van der Waals surface area (Å²) in [5.41, 5.74) is 4.03. The summed E-state index contributed by atoms with van der Waals surface area (Å²) in [7, 11) is 0. The molecular weight excluding hydrogens is 314 g/mol. The highest BCUT2D eigenvalue weighted by atomic mass is 16.1. The SMILES string of the molecule is O=C1C(Cc2ccc(-c3ccncc3)cc2)=CC(=O)c2ncncc21. The van der Waals surface area contributed by atoms with Gasteiger partial charge in [0.1, 0.15) is 12.0 Å². The zero-order chi connectivity index (χ0) is 17.2. The maximum atomic E-state index is 12.5. The Morgan fingerprint density at radius 2 is 1.56 bits per heavy atom. The van der Waals surface area contributed by atoms with E-state index in [2.05, 4.69) is 15.0 Å². The molecule has 0 N–H and O–H groups in total. The number of carbonyl (C=O) groups excluding carboxylic acids is 2. The van der Waals surface area contributed by atoms with Crippen LogP contribution in [0, 0.1) is 0 Å². The molecule has 3 aromatic rings. The third-order valence-corrected chi connectivity index (χ3v) is 4.15. The zero-order valence-electron chi connectivity index (χ0n) is 13.2. The zero-order valence-corrected chi connectivity index (χ0v) is 13.2. The van der Waals surface area contributed by atoms with Crippen LogP contribution in [0.5, 0.6) is 0 Å². The van der Waals surface area contributed by atoms with Crippen molar-refractivity contribution in [3.05, 3.63) is 89.8 Å². The molecule has 5 nitrogen and oxygen atoms in total. The predicted octanol–water partition coefficient (Wildman–Crippen LogP) is 3.09. The average Bonchev–Trinajstić information content (AvgIpc) is 2.67. The molecule has 120 valence electrons. The van der Waals surface area contributed by atoms with Gasteiger partial charge in [0.15, 0.2) is 5.78 Å². The standard InChI is InChI=1S/C20H13N3O2/c24-18-10-16(20(25)17-11-22-12-23-19(17)18)9-13-1-3-14(4-2-13)15-5-7-21-8-6-15/h1-8,10-12H,9H2. The minimum atomic E-state index is -0.250. The second-order valence-corrected chi connectivity index (χ2v) is 5.76. The van der Waals surface area contributed by atoms with Gasteiger partial charge in [-0.15, -0.1) is 0 Å². The molecule has 0 atom stereocenters. The van der Waals surface area contributed by atoms with Gasteiger partial charge >= 0.3 is 0 Å². The molecule has 25 heavy (non-hydrogen) atoms. The molecule has 0 aliphatic heterocycles. The maximum absolute atomic E-state index is 12.5. The second-order valence-electron chi connectivity index (χ2n) is 5.76. The van der Waals surface area contributed by atoms with Gasteiger partial charge in [-0.05, 0) is 34.9 Å². The monoisotopic (exact) mass is 327 g/mol. The Hall–Kier alpha value is -3.47. The number of nitrogens with zero attached hydrogens (tertiary/aromatic N) is 3. The van der Waals surface area contributed by atoms with Crippen molar-refractivity contribution in [2.75, 3.05) is 0 Å². The highest BCUT2D eigenvalue weighted by Crippen LogP contribution is 2.23. The molecule has 0 radical (unpaired) electrons. The van der Waals surface area contributed by atoms with Crippen molar-refractivity contribution in [3.63, 3.8) is 0 Å². The molecule has 4 rings (SSSR count). The Kier molecular flexibility index (Phi) is 3.74. The van der Waals surface area contributed by atoms with E-state index in [0.717, 1.165) is 16.7 Å². The fourth-order valence-electron chi connectivity index (χ4n) is 2.87. The van der Waals surface area contributed by atoms with Crippen LogP contribution < -0.4 is 0 Å². The normalized spacial score (nSPS) is 13.4. The number of hydrogen-bond acceptors (Lipinski definition) is 5. The van der Waals surface area contributed by atoms with Gasteiger partial charge in [-0.3, -0.25) is 14.6 Å². The molecule has 1 aliphatic carbocycles. The molecule has 0 bridgehead atoms. The number of fused-ring (bicyclic) bond motifs is 1. The Morgan fingerprint density at radius 3 is 2.32 bits per heavy atom. The van der Waals surface area contributed by atoms with Gasteiger partial charge in [0.2, 0.25) is 5.78 Å². The van der Waals surface area contributed by atoms with E-state index in [1.165, 1.54) is 18.6 Å². The third kappa shape index (κ3) is 2.87. The average molecular weight is 327 g/mol. The van der Waals surface area contributed by atoms with Gasteiger partial charge in [0.05, 0.1) is 5.56 Å². The summed E-state index contributed by atoms with van der Waals surface area (Å²) in [5, 5.41) is 0. The number of allylic oxidation sites excluding steroid dienone is 2. The van der Waals surface area contributed by atoms with Crippen LogP contribution in [0.4, 0.5) is 0 Å². The number of aromatic nitrogens is 3. The molecule has 0 saturated carbocycles. The van der Waals surface area contributed by atoms with Crippen molar-refractivity contribution in [3.8, 4) is 11.1 Å². The Balaban J connectivity index is 1.59. The van der Waals surface area contributed by atoms with Gasteiger partial charge in [-0.1, -0.05) is 24.3 Å². The van der Waals surface area contributed by atoms with Crippen LogP contribution in [0.15, 0.2) is 73.0 Å². The lowest BCUT2D eigenvalue weighted by Crippen LogP contribution is -2.20. The van der Waals surface area contributed by atoms with Crippen molar-refractivity contribution in [1.29, 1.82) is 0 Å². The molecule has 5 heteroatoms. The summed E-state index contributed by atoms with van der Waals surface area (Å²) in [6, 6.07) is 11.8. The van der Waals surface area contributed by atoms with Gasteiger partial charge in [-0.25, -0.2) is 9.97 Å². The number of rotatable bonds is 3. The number of hydrogen-bond donors (Lipinski definition) is 0. The minimum absolute atomic E-state index is 0.178. The largest absolute Gasteiger partial charge is 0.289 e. The van der Waals surface area contributed by atoms with Crippen molar-refractivity contribution in [2.24, 2.45) is 0 Å². The summed E-state index contributed by atoms with van der Waals surface area (Å²) in [4.78, 5) is 36.5. The van der Waals surface area contributed by atoms with E-state index in [9.17, 15) is 9.59 Å². The molecule has 0 fully saturated rings. The van der Waals surface area contributed by atoms with Crippen LogP contribution in [-0.4, -0.2) is 26.5 Å². The number of pyridine rings is 1. The molecule has 2 heterocycles. The van der Waals surface area contributed by atoms with Crippen molar-refractivity contribution >= 4 is 11.6 Å². The van der Waals surface area contributed by atoms with Crippen LogP contribution in [-0.2, 0) is 6.42 Å². The van der Waals surface area contributed by atoms with E-state index in [-0.39, 0.29) is 22.8 Å². The summed E-state index contributed by atoms with van der Waals surface area (Å²) >= 11 is 0. The number of carbonyl (C=O) groups is 2. The smallest absolute Gasteiger partial charge is 0.205 e. The van der Waals surface area contributed by atoms with Crippen molar-refractivity contribution in [2.45, 2.75) is 6.42 Å². The van der Waals surface area contributed by atoms with Crippen LogP contribution in [0.25, 0.3) is 11.1 Å². The molecule has 2 aromatic heterocycles. The van der Waals surface area contributed by atoms with Gasteiger partial charge in [0.25, 0.3) is 0 Å². The third-order valence-electron chi connectivity index (χ3n) is 4.15. The first-order chi connectivity index (χ1) is 12.2. The predicted molar refractivity (Wildman–Crippen MR) is 92.2 cm³/mol. The number of benzene rings is 1. The molecule has 1 aliphatic rings. The number of Topliss-reactive ketones (excluding diaryl/α,β-unsaturated/α-hetero) is 1. The summed E-state index contributed by atoms with van der Waals surface area (Å²) < 4.78 is 0. The second kappa shape index (κ2) is 6.20. The Bertz CT molecular complexity index is 993. The molecule has 0 spiro atoms. The summed E-state index contributed by atoms with van der Waals surface area (Å²) in [6.07, 6.45) is 7.96. The lowest BCUT2D eigenvalue weighted by Gasteiger charge is -2.13. The lowest BCUT2D eigenvalue weighted by atomic mass is 9.90. The van der Waals surface area contributed by atoms with E-state index in [1.54, 1.807) is 12.4 Å².